The summed E-state index contributed by atoms with van der Waals surface area (Å²) in [6.07, 6.45) is 3.14. The first kappa shape index (κ1) is 24.2. The smallest absolute Gasteiger partial charge is 0.387 e. The molecule has 0 saturated heterocycles. The molecule has 0 fully saturated rings. The van der Waals surface area contributed by atoms with Gasteiger partial charge in [0.25, 0.3) is 0 Å². The highest BCUT2D eigenvalue weighted by Gasteiger charge is 2.13. The van der Waals surface area contributed by atoms with Crippen molar-refractivity contribution in [2.24, 2.45) is 0 Å². The number of rotatable bonds is 10. The van der Waals surface area contributed by atoms with Crippen molar-refractivity contribution >= 4 is 23.3 Å². The highest BCUT2D eigenvalue weighted by atomic mass is 32.1. The van der Waals surface area contributed by atoms with Gasteiger partial charge >= 0.3 is 6.61 Å². The van der Waals surface area contributed by atoms with E-state index in [1.807, 2.05) is 36.6 Å². The fourth-order valence-electron chi connectivity index (χ4n) is 2.99. The third-order valence-corrected chi connectivity index (χ3v) is 5.39. The number of halogens is 2. The summed E-state index contributed by atoms with van der Waals surface area (Å²) in [6, 6.07) is 12.0. The van der Waals surface area contributed by atoms with Gasteiger partial charge in [-0.2, -0.15) is 8.78 Å². The highest BCUT2D eigenvalue weighted by Crippen LogP contribution is 2.30. The molecule has 0 saturated carbocycles. The Labute approximate surface area is 195 Å². The van der Waals surface area contributed by atoms with Gasteiger partial charge in [-0.1, -0.05) is 18.2 Å². The monoisotopic (exact) mass is 474 g/mol. The molecule has 0 aliphatic rings. The molecule has 0 N–H and O–H groups in total. The molecule has 9 heteroatoms. The number of methoxy groups -OCH3 is 1. The maximum Gasteiger partial charge on any atom is 0.387 e. The number of thiazole rings is 1. The SMILES string of the molecule is COc1ccc(CN(C)C(=O)/C=C/c2cccc(OCc3csc(C)n3)c2)cc1OC(F)F. The van der Waals surface area contributed by atoms with E-state index < -0.39 is 6.61 Å². The number of ether oxygens (including phenoxy) is 3. The Morgan fingerprint density at radius 3 is 2.73 bits per heavy atom. The van der Waals surface area contributed by atoms with Crippen molar-refractivity contribution in [3.8, 4) is 17.2 Å². The quantitative estimate of drug-likeness (QED) is 0.373. The van der Waals surface area contributed by atoms with Crippen molar-refractivity contribution < 1.29 is 27.8 Å². The van der Waals surface area contributed by atoms with Crippen molar-refractivity contribution in [2.45, 2.75) is 26.7 Å². The third kappa shape index (κ3) is 7.28. The maximum atomic E-state index is 12.6. The predicted molar refractivity (Wildman–Crippen MR) is 123 cm³/mol. The van der Waals surface area contributed by atoms with Gasteiger partial charge in [0.15, 0.2) is 11.5 Å². The molecule has 0 atom stereocenters. The van der Waals surface area contributed by atoms with Crippen LogP contribution in [-0.2, 0) is 17.9 Å². The number of alkyl halides is 2. The van der Waals surface area contributed by atoms with Gasteiger partial charge in [0.2, 0.25) is 5.91 Å². The summed E-state index contributed by atoms with van der Waals surface area (Å²) in [5.74, 6) is 0.547. The molecule has 0 spiro atoms. The lowest BCUT2D eigenvalue weighted by Gasteiger charge is -2.17. The van der Waals surface area contributed by atoms with Crippen molar-refractivity contribution in [1.82, 2.24) is 9.88 Å². The third-order valence-electron chi connectivity index (χ3n) is 4.57. The molecule has 3 rings (SSSR count). The number of aryl methyl sites for hydroxylation is 1. The predicted octanol–water partition coefficient (Wildman–Crippen LogP) is 5.31. The van der Waals surface area contributed by atoms with Crippen molar-refractivity contribution in [2.75, 3.05) is 14.2 Å². The Kier molecular flexibility index (Phi) is 8.37. The van der Waals surface area contributed by atoms with E-state index in [1.54, 1.807) is 30.5 Å². The Balaban J connectivity index is 1.59. The van der Waals surface area contributed by atoms with Gasteiger partial charge < -0.3 is 19.1 Å². The normalized spacial score (nSPS) is 11.1. The molecule has 0 aliphatic heterocycles. The molecular weight excluding hydrogens is 450 g/mol. The molecule has 174 valence electrons. The minimum absolute atomic E-state index is 0.0778. The zero-order valence-corrected chi connectivity index (χ0v) is 19.3. The van der Waals surface area contributed by atoms with Gasteiger partial charge in [0.1, 0.15) is 12.4 Å². The van der Waals surface area contributed by atoms with E-state index in [9.17, 15) is 13.6 Å². The Hall–Kier alpha value is -3.46. The number of benzene rings is 2. The molecule has 0 unspecified atom stereocenters. The van der Waals surface area contributed by atoms with E-state index in [1.165, 1.54) is 30.2 Å². The van der Waals surface area contributed by atoms with E-state index in [0.29, 0.717) is 17.9 Å². The van der Waals surface area contributed by atoms with Crippen LogP contribution in [0.2, 0.25) is 0 Å². The number of likely N-dealkylation sites (N-methyl/N-ethyl adjacent to an activating group) is 1. The molecular formula is C24H24F2N2O4S. The average molecular weight is 475 g/mol. The second-order valence-electron chi connectivity index (χ2n) is 7.11. The molecule has 0 aliphatic carbocycles. The summed E-state index contributed by atoms with van der Waals surface area (Å²) in [5.41, 5.74) is 2.31. The van der Waals surface area contributed by atoms with Crippen LogP contribution >= 0.6 is 11.3 Å². The molecule has 6 nitrogen and oxygen atoms in total. The molecule has 3 aromatic rings. The zero-order valence-electron chi connectivity index (χ0n) is 18.5. The second-order valence-corrected chi connectivity index (χ2v) is 8.17. The van der Waals surface area contributed by atoms with Gasteiger partial charge in [0.05, 0.1) is 17.8 Å². The van der Waals surface area contributed by atoms with E-state index in [-0.39, 0.29) is 24.0 Å². The van der Waals surface area contributed by atoms with Gasteiger partial charge in [-0.25, -0.2) is 4.98 Å². The number of nitrogens with zero attached hydrogens (tertiary/aromatic N) is 2. The summed E-state index contributed by atoms with van der Waals surface area (Å²) < 4.78 is 40.5. The number of amides is 1. The molecule has 1 heterocycles. The van der Waals surface area contributed by atoms with Gasteiger partial charge in [-0.15, -0.1) is 11.3 Å². The van der Waals surface area contributed by atoms with Gasteiger partial charge in [-0.05, 0) is 48.4 Å². The first-order valence-corrected chi connectivity index (χ1v) is 10.9. The lowest BCUT2D eigenvalue weighted by molar-refractivity contribution is -0.125. The van der Waals surface area contributed by atoms with Crippen molar-refractivity contribution in [3.05, 3.63) is 75.7 Å². The molecule has 0 bridgehead atoms. The number of hydrogen-bond donors (Lipinski definition) is 0. The first-order valence-electron chi connectivity index (χ1n) is 10.0. The number of carbonyl (C=O) groups is 1. The topological polar surface area (TPSA) is 60.9 Å². The standard InChI is InChI=1S/C24H24F2N2O4S/c1-16-27-19(15-33-16)14-31-20-6-4-5-17(11-20)8-10-23(29)28(2)13-18-7-9-21(30-3)22(12-18)32-24(25)26/h4-12,15,24H,13-14H2,1-3H3/b10-8+. The van der Waals surface area contributed by atoms with E-state index in [0.717, 1.165) is 16.3 Å². The van der Waals surface area contributed by atoms with E-state index in [4.69, 9.17) is 9.47 Å². The van der Waals surface area contributed by atoms with Crippen LogP contribution in [0.3, 0.4) is 0 Å². The Bertz CT molecular complexity index is 1120. The minimum Gasteiger partial charge on any atom is -0.493 e. The maximum absolute atomic E-state index is 12.6. The summed E-state index contributed by atoms with van der Waals surface area (Å²) in [6.45, 7) is -0.443. The van der Waals surface area contributed by atoms with Crippen molar-refractivity contribution in [3.63, 3.8) is 0 Å². The zero-order chi connectivity index (χ0) is 23.8. The number of aromatic nitrogens is 1. The Morgan fingerprint density at radius 1 is 1.21 bits per heavy atom. The number of carbonyl (C=O) groups excluding carboxylic acids is 1. The largest absolute Gasteiger partial charge is 0.493 e. The van der Waals surface area contributed by atoms with Gasteiger partial charge in [-0.3, -0.25) is 4.79 Å². The van der Waals surface area contributed by atoms with Crippen molar-refractivity contribution in [1.29, 1.82) is 0 Å². The second kappa shape index (κ2) is 11.4. The van der Waals surface area contributed by atoms with E-state index in [2.05, 4.69) is 9.72 Å². The van der Waals surface area contributed by atoms with Crippen LogP contribution < -0.4 is 14.2 Å². The fourth-order valence-corrected chi connectivity index (χ4v) is 3.59. The van der Waals surface area contributed by atoms with Crippen LogP contribution in [0.1, 0.15) is 21.8 Å². The highest BCUT2D eigenvalue weighted by molar-refractivity contribution is 7.09. The summed E-state index contributed by atoms with van der Waals surface area (Å²) in [4.78, 5) is 18.4. The van der Waals surface area contributed by atoms with Gasteiger partial charge in [0, 0.05) is 25.0 Å². The fraction of sp³-hybridized carbons (Fsp3) is 0.250. The molecule has 0 radical (unpaired) electrons. The Morgan fingerprint density at radius 2 is 2.03 bits per heavy atom. The lowest BCUT2D eigenvalue weighted by atomic mass is 10.1. The molecule has 33 heavy (non-hydrogen) atoms. The summed E-state index contributed by atoms with van der Waals surface area (Å²) in [5, 5.41) is 2.94. The van der Waals surface area contributed by atoms with Crippen LogP contribution in [0, 0.1) is 6.92 Å². The summed E-state index contributed by atoms with van der Waals surface area (Å²) in [7, 11) is 2.99. The van der Waals surface area contributed by atoms with Crippen LogP contribution in [0.15, 0.2) is 53.9 Å². The van der Waals surface area contributed by atoms with Crippen LogP contribution in [0.25, 0.3) is 6.08 Å². The molecule has 2 aromatic carbocycles. The first-order chi connectivity index (χ1) is 15.8. The van der Waals surface area contributed by atoms with E-state index >= 15 is 0 Å². The van der Waals surface area contributed by atoms with Crippen LogP contribution in [0.5, 0.6) is 17.2 Å². The van der Waals surface area contributed by atoms with Crippen LogP contribution in [-0.4, -0.2) is 36.6 Å². The number of hydrogen-bond acceptors (Lipinski definition) is 6. The molecule has 1 aromatic heterocycles. The van der Waals surface area contributed by atoms with Crippen LogP contribution in [0.4, 0.5) is 8.78 Å². The minimum atomic E-state index is -2.97. The summed E-state index contributed by atoms with van der Waals surface area (Å²) >= 11 is 1.57. The average Bonchev–Trinajstić information content (AvgIpc) is 3.21. The lowest BCUT2D eigenvalue weighted by Crippen LogP contribution is -2.24. The molecule has 1 amide bonds.